The second-order valence-corrected chi connectivity index (χ2v) is 8.08. The van der Waals surface area contributed by atoms with Crippen molar-refractivity contribution in [1.82, 2.24) is 0 Å². The van der Waals surface area contributed by atoms with Crippen molar-refractivity contribution in [2.24, 2.45) is 0 Å². The predicted molar refractivity (Wildman–Crippen MR) is 121 cm³/mol. The minimum absolute atomic E-state index is 0.982. The number of nitrogens with zero attached hydrogens (tertiary/aromatic N) is 2. The molecule has 0 bridgehead atoms. The lowest BCUT2D eigenvalue weighted by molar-refractivity contribution is -0.667. The molecule has 2 heterocycles. The molecule has 0 saturated carbocycles. The highest BCUT2D eigenvalue weighted by Crippen LogP contribution is 2.45. The minimum atomic E-state index is 0.982. The summed E-state index contributed by atoms with van der Waals surface area (Å²) >= 11 is 1.87. The highest BCUT2D eigenvalue weighted by atomic mass is 32.2. The van der Waals surface area contributed by atoms with Crippen molar-refractivity contribution < 1.29 is 4.57 Å². The molecule has 0 unspecified atom stereocenters. The Balaban J connectivity index is 1.64. The number of unbranched alkanes of at least 4 members (excludes halogenated alkanes) is 1. The Bertz CT molecular complexity index is 1040. The van der Waals surface area contributed by atoms with E-state index >= 15 is 0 Å². The summed E-state index contributed by atoms with van der Waals surface area (Å²) in [6.07, 6.45) is 11.3. The molecule has 2 nitrogen and oxygen atoms in total. The van der Waals surface area contributed by atoms with Gasteiger partial charge < -0.3 is 4.90 Å². The number of aryl methyl sites for hydroxylation is 1. The second-order valence-electron chi connectivity index (χ2n) is 7.01. The fourth-order valence-corrected chi connectivity index (χ4v) is 4.79. The summed E-state index contributed by atoms with van der Waals surface area (Å²) in [6, 6.07) is 19.6. The molecule has 0 spiro atoms. The lowest BCUT2D eigenvalue weighted by Gasteiger charge is -2.19. The Kier molecular flexibility index (Phi) is 5.82. The summed E-state index contributed by atoms with van der Waals surface area (Å²) in [5, 5.41) is 2.61. The van der Waals surface area contributed by atoms with Gasteiger partial charge in [0.05, 0.1) is 16.1 Å². The summed E-state index contributed by atoms with van der Waals surface area (Å²) < 4.78 is 2.29. The Morgan fingerprint density at radius 2 is 1.82 bits per heavy atom. The van der Waals surface area contributed by atoms with Crippen LogP contribution in [0, 0.1) is 0 Å². The molecule has 0 amide bonds. The molecule has 4 rings (SSSR count). The summed E-state index contributed by atoms with van der Waals surface area (Å²) in [5.74, 6) is 0. The maximum absolute atomic E-state index is 2.46. The monoisotopic (exact) mass is 387 g/mol. The molecule has 3 aromatic rings. The van der Waals surface area contributed by atoms with E-state index < -0.39 is 0 Å². The van der Waals surface area contributed by atoms with E-state index in [1.807, 2.05) is 11.8 Å². The molecule has 0 radical (unpaired) electrons. The molecule has 1 aromatic heterocycles. The van der Waals surface area contributed by atoms with Crippen molar-refractivity contribution in [2.75, 3.05) is 11.4 Å². The smallest absolute Gasteiger partial charge is 0.213 e. The summed E-state index contributed by atoms with van der Waals surface area (Å²) in [4.78, 5) is 3.81. The van der Waals surface area contributed by atoms with Crippen LogP contribution in [0.3, 0.4) is 0 Å². The fraction of sp³-hybridized carbons (Fsp3) is 0.240. The second kappa shape index (κ2) is 8.66. The van der Waals surface area contributed by atoms with Gasteiger partial charge >= 0.3 is 0 Å². The van der Waals surface area contributed by atoms with Crippen LogP contribution in [-0.2, 0) is 6.54 Å². The average Bonchev–Trinajstić information content (AvgIpc) is 3.09. The molecule has 2 aromatic carbocycles. The Labute approximate surface area is 172 Å². The molecule has 0 atom stereocenters. The molecule has 3 heteroatoms. The number of thioether (sulfide) groups is 1. The van der Waals surface area contributed by atoms with E-state index in [1.54, 1.807) is 0 Å². The molecule has 0 saturated heterocycles. The number of pyridine rings is 1. The third-order valence-corrected chi connectivity index (χ3v) is 6.32. The van der Waals surface area contributed by atoms with Crippen LogP contribution >= 0.6 is 11.8 Å². The zero-order chi connectivity index (χ0) is 19.3. The van der Waals surface area contributed by atoms with E-state index in [4.69, 9.17) is 0 Å². The molecule has 0 aliphatic carbocycles. The van der Waals surface area contributed by atoms with Crippen LogP contribution in [0.15, 0.2) is 82.9 Å². The van der Waals surface area contributed by atoms with Crippen LogP contribution in [0.25, 0.3) is 17.0 Å². The van der Waals surface area contributed by atoms with Crippen molar-refractivity contribution in [3.63, 3.8) is 0 Å². The van der Waals surface area contributed by atoms with E-state index in [0.717, 1.165) is 13.1 Å². The SMILES string of the molecule is CCCCN1C(=CC=Cc2cc[n+](CC)c3ccccc23)Sc2ccccc21. The number of hydrogen-bond donors (Lipinski definition) is 0. The number of rotatable bonds is 6. The molecule has 1 aliphatic rings. The standard InChI is InChI=1S/C25H27N2S/c1-3-5-18-27-23-14-8-9-15-24(23)28-25(27)16-10-11-20-17-19-26(4-2)22-13-7-6-12-21(20)22/h6-17,19H,3-5,18H2,1-2H3/q+1. The first-order valence-corrected chi connectivity index (χ1v) is 11.0. The van der Waals surface area contributed by atoms with Crippen LogP contribution in [-0.4, -0.2) is 6.54 Å². The third kappa shape index (κ3) is 3.72. The number of para-hydroxylation sites is 2. The third-order valence-electron chi connectivity index (χ3n) is 5.19. The van der Waals surface area contributed by atoms with Gasteiger partial charge in [-0.3, -0.25) is 0 Å². The normalized spacial score (nSPS) is 15.1. The number of aromatic nitrogens is 1. The van der Waals surface area contributed by atoms with Gasteiger partial charge in [-0.25, -0.2) is 0 Å². The van der Waals surface area contributed by atoms with Gasteiger partial charge in [-0.15, -0.1) is 0 Å². The van der Waals surface area contributed by atoms with Gasteiger partial charge in [0.25, 0.3) is 0 Å². The molecule has 28 heavy (non-hydrogen) atoms. The van der Waals surface area contributed by atoms with Crippen LogP contribution in [0.2, 0.25) is 0 Å². The Morgan fingerprint density at radius 3 is 2.68 bits per heavy atom. The first kappa shape index (κ1) is 18.8. The zero-order valence-electron chi connectivity index (χ0n) is 16.6. The molecular formula is C25H27N2S+. The Morgan fingerprint density at radius 1 is 1.00 bits per heavy atom. The van der Waals surface area contributed by atoms with E-state index in [-0.39, 0.29) is 0 Å². The molecule has 142 valence electrons. The highest BCUT2D eigenvalue weighted by molar-refractivity contribution is 8.03. The number of hydrogen-bond acceptors (Lipinski definition) is 2. The van der Waals surface area contributed by atoms with Gasteiger partial charge in [0.2, 0.25) is 5.52 Å². The Hall–Kier alpha value is -2.52. The summed E-state index contributed by atoms with van der Waals surface area (Å²) in [6.45, 7) is 6.49. The lowest BCUT2D eigenvalue weighted by Crippen LogP contribution is -2.32. The maximum Gasteiger partial charge on any atom is 0.213 e. The number of fused-ring (bicyclic) bond motifs is 2. The number of anilines is 1. The average molecular weight is 388 g/mol. The predicted octanol–water partition coefficient (Wildman–Crippen LogP) is 6.41. The van der Waals surface area contributed by atoms with Gasteiger partial charge in [-0.05, 0) is 43.2 Å². The van der Waals surface area contributed by atoms with Gasteiger partial charge in [-0.2, -0.15) is 4.57 Å². The van der Waals surface area contributed by atoms with Crippen molar-refractivity contribution in [1.29, 1.82) is 0 Å². The highest BCUT2D eigenvalue weighted by Gasteiger charge is 2.23. The van der Waals surface area contributed by atoms with Crippen molar-refractivity contribution >= 4 is 34.4 Å². The van der Waals surface area contributed by atoms with Crippen LogP contribution in [0.4, 0.5) is 5.69 Å². The van der Waals surface area contributed by atoms with Crippen molar-refractivity contribution in [3.05, 3.63) is 83.5 Å². The maximum atomic E-state index is 2.46. The van der Waals surface area contributed by atoms with Crippen LogP contribution in [0.1, 0.15) is 32.3 Å². The van der Waals surface area contributed by atoms with Gasteiger partial charge in [-0.1, -0.05) is 61.5 Å². The molecule has 1 aliphatic heterocycles. The molecule has 0 N–H and O–H groups in total. The number of benzene rings is 2. The summed E-state index contributed by atoms with van der Waals surface area (Å²) in [5.41, 5.74) is 3.89. The minimum Gasteiger partial charge on any atom is -0.335 e. The van der Waals surface area contributed by atoms with Gasteiger partial charge in [0, 0.05) is 23.6 Å². The van der Waals surface area contributed by atoms with E-state index in [9.17, 15) is 0 Å². The fourth-order valence-electron chi connectivity index (χ4n) is 3.69. The summed E-state index contributed by atoms with van der Waals surface area (Å²) in [7, 11) is 0. The largest absolute Gasteiger partial charge is 0.335 e. The first-order chi connectivity index (χ1) is 13.8. The van der Waals surface area contributed by atoms with Gasteiger partial charge in [0.1, 0.15) is 6.54 Å². The number of allylic oxidation sites excluding steroid dienone is 2. The van der Waals surface area contributed by atoms with Crippen LogP contribution in [0.5, 0.6) is 0 Å². The van der Waals surface area contributed by atoms with E-state index in [2.05, 4.69) is 102 Å². The topological polar surface area (TPSA) is 7.12 Å². The zero-order valence-corrected chi connectivity index (χ0v) is 17.5. The van der Waals surface area contributed by atoms with E-state index in [0.29, 0.717) is 0 Å². The lowest BCUT2D eigenvalue weighted by atomic mass is 10.1. The van der Waals surface area contributed by atoms with E-state index in [1.165, 1.54) is 44.9 Å². The first-order valence-electron chi connectivity index (χ1n) is 10.2. The van der Waals surface area contributed by atoms with Crippen molar-refractivity contribution in [3.8, 4) is 0 Å². The van der Waals surface area contributed by atoms with Gasteiger partial charge in [0.15, 0.2) is 6.20 Å². The van der Waals surface area contributed by atoms with Crippen LogP contribution < -0.4 is 9.47 Å². The molecule has 0 fully saturated rings. The quantitative estimate of drug-likeness (QED) is 0.451. The van der Waals surface area contributed by atoms with Crippen molar-refractivity contribution in [2.45, 2.75) is 38.1 Å². The molecular weight excluding hydrogens is 360 g/mol.